The molecule has 9 heteroatoms. The van der Waals surface area contributed by atoms with E-state index in [2.05, 4.69) is 4.98 Å². The van der Waals surface area contributed by atoms with Crippen LogP contribution < -0.4 is 0 Å². The maximum absolute atomic E-state index is 14.3. The first-order valence-corrected chi connectivity index (χ1v) is 8.60. The molecule has 0 aliphatic carbocycles. The number of carbonyl (C=O) groups is 1. The lowest BCUT2D eigenvalue weighted by Gasteiger charge is -2.17. The highest BCUT2D eigenvalue weighted by Gasteiger charge is 2.30. The molecule has 3 rings (SSSR count). The first kappa shape index (κ1) is 21.4. The van der Waals surface area contributed by atoms with Crippen LogP contribution in [0, 0.1) is 34.9 Å². The van der Waals surface area contributed by atoms with E-state index < -0.39 is 58.0 Å². The first-order chi connectivity index (χ1) is 14.0. The van der Waals surface area contributed by atoms with Crippen LogP contribution in [0.5, 0.6) is 0 Å². The Morgan fingerprint density at radius 3 is 1.83 bits per heavy atom. The van der Waals surface area contributed by atoms with Gasteiger partial charge in [0.05, 0.1) is 22.5 Å². The van der Waals surface area contributed by atoms with Gasteiger partial charge in [-0.2, -0.15) is 0 Å². The van der Waals surface area contributed by atoms with Crippen molar-refractivity contribution in [1.82, 2.24) is 4.98 Å². The normalized spacial score (nSPS) is 11.2. The molecule has 0 spiro atoms. The zero-order valence-electron chi connectivity index (χ0n) is 15.5. The van der Waals surface area contributed by atoms with Crippen molar-refractivity contribution in [2.75, 3.05) is 0 Å². The summed E-state index contributed by atoms with van der Waals surface area (Å²) in [6, 6.07) is 5.43. The van der Waals surface area contributed by atoms with E-state index in [1.807, 2.05) is 0 Å². The average molecular weight is 425 g/mol. The summed E-state index contributed by atoms with van der Waals surface area (Å²) in [7, 11) is 0. The molecule has 1 heterocycles. The molecule has 2 aromatic carbocycles. The van der Waals surface area contributed by atoms with E-state index in [4.69, 9.17) is 0 Å². The fraction of sp³-hybridized carbons (Fsp3) is 0.143. The zero-order valence-corrected chi connectivity index (χ0v) is 15.5. The Morgan fingerprint density at radius 1 is 0.867 bits per heavy atom. The van der Waals surface area contributed by atoms with E-state index in [0.717, 1.165) is 18.2 Å². The number of aromatic nitrogens is 1. The van der Waals surface area contributed by atoms with E-state index in [9.17, 15) is 36.2 Å². The molecule has 0 fully saturated rings. The van der Waals surface area contributed by atoms with Gasteiger partial charge in [-0.15, -0.1) is 0 Å². The molecule has 1 N–H and O–H groups in total. The standard InChI is InChI=1S/C21H13F6NO2/c1-8(2)20-13(21(29)30)11(9-3-5-10(22)6-4-9)7-12(28-20)14-15(23)17(25)19(27)18(26)16(14)24/h3-8H,1-2H3,(H,29,30). The minimum atomic E-state index is -2.32. The molecule has 0 saturated carbocycles. The number of aromatic carboxylic acids is 1. The summed E-state index contributed by atoms with van der Waals surface area (Å²) in [5.74, 6) is -13.4. The van der Waals surface area contributed by atoms with Gasteiger partial charge in [-0.25, -0.2) is 31.1 Å². The molecule has 3 aromatic rings. The molecule has 0 radical (unpaired) electrons. The van der Waals surface area contributed by atoms with Crippen molar-refractivity contribution in [3.8, 4) is 22.4 Å². The number of benzene rings is 2. The summed E-state index contributed by atoms with van der Waals surface area (Å²) >= 11 is 0. The Hall–Kier alpha value is -3.36. The maximum Gasteiger partial charge on any atom is 0.338 e. The lowest BCUT2D eigenvalue weighted by atomic mass is 9.92. The second-order valence-corrected chi connectivity index (χ2v) is 6.73. The minimum Gasteiger partial charge on any atom is -0.478 e. The maximum atomic E-state index is 14.3. The Bertz CT molecular complexity index is 1130. The Morgan fingerprint density at radius 2 is 1.37 bits per heavy atom. The summed E-state index contributed by atoms with van der Waals surface area (Å²) in [6.07, 6.45) is 0. The highest BCUT2D eigenvalue weighted by Crippen LogP contribution is 2.36. The third kappa shape index (κ3) is 3.51. The van der Waals surface area contributed by atoms with Crippen molar-refractivity contribution in [3.63, 3.8) is 0 Å². The summed E-state index contributed by atoms with van der Waals surface area (Å²) in [5, 5.41) is 9.67. The van der Waals surface area contributed by atoms with Crippen molar-refractivity contribution >= 4 is 5.97 Å². The van der Waals surface area contributed by atoms with E-state index in [0.29, 0.717) is 0 Å². The lowest BCUT2D eigenvalue weighted by molar-refractivity contribution is 0.0695. The number of carboxylic acids is 1. The highest BCUT2D eigenvalue weighted by atomic mass is 19.2. The van der Waals surface area contributed by atoms with Crippen LogP contribution in [0.1, 0.15) is 35.8 Å². The van der Waals surface area contributed by atoms with Gasteiger partial charge in [0.15, 0.2) is 23.3 Å². The fourth-order valence-corrected chi connectivity index (χ4v) is 3.02. The van der Waals surface area contributed by atoms with E-state index >= 15 is 0 Å². The minimum absolute atomic E-state index is 0.111. The molecule has 0 aliphatic heterocycles. The Balaban J connectivity index is 2.44. The summed E-state index contributed by atoms with van der Waals surface area (Å²) in [5.41, 5.74) is -2.35. The molecular weight excluding hydrogens is 412 g/mol. The van der Waals surface area contributed by atoms with Crippen molar-refractivity contribution in [2.45, 2.75) is 19.8 Å². The second kappa shape index (κ2) is 7.81. The molecule has 0 bridgehead atoms. The average Bonchev–Trinajstić information content (AvgIpc) is 2.70. The zero-order chi connectivity index (χ0) is 22.3. The second-order valence-electron chi connectivity index (χ2n) is 6.73. The van der Waals surface area contributed by atoms with Crippen LogP contribution >= 0.6 is 0 Å². The molecule has 0 atom stereocenters. The van der Waals surface area contributed by atoms with Crippen molar-refractivity contribution in [1.29, 1.82) is 0 Å². The quantitative estimate of drug-likeness (QED) is 0.314. The molecule has 30 heavy (non-hydrogen) atoms. The number of hydrogen-bond donors (Lipinski definition) is 1. The van der Waals surface area contributed by atoms with Gasteiger partial charge in [0.2, 0.25) is 5.82 Å². The smallest absolute Gasteiger partial charge is 0.338 e. The predicted octanol–water partition coefficient (Wildman–Crippen LogP) is 6.07. The van der Waals surface area contributed by atoms with Crippen LogP contribution in [0.3, 0.4) is 0 Å². The van der Waals surface area contributed by atoms with Gasteiger partial charge >= 0.3 is 5.97 Å². The van der Waals surface area contributed by atoms with Crippen molar-refractivity contribution < 1.29 is 36.2 Å². The van der Waals surface area contributed by atoms with Gasteiger partial charge in [-0.05, 0) is 29.7 Å². The number of carboxylic acid groups (broad SMARTS) is 1. The molecule has 1 aromatic heterocycles. The van der Waals surface area contributed by atoms with Crippen molar-refractivity contribution in [3.05, 3.63) is 76.5 Å². The number of hydrogen-bond acceptors (Lipinski definition) is 2. The van der Waals surface area contributed by atoms with Gasteiger partial charge < -0.3 is 5.11 Å². The number of pyridine rings is 1. The Kier molecular flexibility index (Phi) is 5.56. The molecule has 156 valence electrons. The van der Waals surface area contributed by atoms with Gasteiger partial charge in [-0.1, -0.05) is 26.0 Å². The number of rotatable bonds is 4. The molecular formula is C21H13F6NO2. The third-order valence-corrected chi connectivity index (χ3v) is 4.43. The van der Waals surface area contributed by atoms with Gasteiger partial charge in [0, 0.05) is 5.56 Å². The summed E-state index contributed by atoms with van der Waals surface area (Å²) in [6.45, 7) is 3.09. The fourth-order valence-electron chi connectivity index (χ4n) is 3.02. The largest absolute Gasteiger partial charge is 0.478 e. The number of halogens is 6. The van der Waals surface area contributed by atoms with E-state index in [-0.39, 0.29) is 22.4 Å². The van der Waals surface area contributed by atoms with Crippen LogP contribution in [0.2, 0.25) is 0 Å². The molecule has 0 aliphatic rings. The SMILES string of the molecule is CC(C)c1nc(-c2c(F)c(F)c(F)c(F)c2F)cc(-c2ccc(F)cc2)c1C(=O)O. The van der Waals surface area contributed by atoms with E-state index in [1.165, 1.54) is 12.1 Å². The monoisotopic (exact) mass is 425 g/mol. The van der Waals surface area contributed by atoms with Gasteiger partial charge in [0.1, 0.15) is 5.82 Å². The first-order valence-electron chi connectivity index (χ1n) is 8.60. The highest BCUT2D eigenvalue weighted by molar-refractivity contribution is 5.98. The molecule has 0 amide bonds. The van der Waals surface area contributed by atoms with Crippen LogP contribution in [0.15, 0.2) is 30.3 Å². The van der Waals surface area contributed by atoms with E-state index in [1.54, 1.807) is 13.8 Å². The van der Waals surface area contributed by atoms with Gasteiger partial charge in [-0.3, -0.25) is 4.98 Å². The van der Waals surface area contributed by atoms with Crippen molar-refractivity contribution in [2.24, 2.45) is 0 Å². The van der Waals surface area contributed by atoms with Crippen LogP contribution in [0.25, 0.3) is 22.4 Å². The van der Waals surface area contributed by atoms with Gasteiger partial charge in [0.25, 0.3) is 0 Å². The molecule has 0 saturated heterocycles. The topological polar surface area (TPSA) is 50.2 Å². The van der Waals surface area contributed by atoms with Crippen LogP contribution in [-0.4, -0.2) is 16.1 Å². The summed E-state index contributed by atoms with van der Waals surface area (Å²) < 4.78 is 82.8. The van der Waals surface area contributed by atoms with Crippen LogP contribution in [-0.2, 0) is 0 Å². The number of nitrogens with zero attached hydrogens (tertiary/aromatic N) is 1. The third-order valence-electron chi connectivity index (χ3n) is 4.43. The lowest BCUT2D eigenvalue weighted by Crippen LogP contribution is -2.12. The Labute approximate surface area is 166 Å². The molecule has 0 unspecified atom stereocenters. The molecule has 3 nitrogen and oxygen atoms in total. The predicted molar refractivity (Wildman–Crippen MR) is 95.9 cm³/mol. The van der Waals surface area contributed by atoms with Crippen LogP contribution in [0.4, 0.5) is 26.3 Å². The summed E-state index contributed by atoms with van der Waals surface area (Å²) in [4.78, 5) is 15.8.